The van der Waals surface area contributed by atoms with Crippen molar-refractivity contribution in [1.29, 1.82) is 0 Å². The number of aromatic hydroxyl groups is 1. The number of allylic oxidation sites excluding steroid dienone is 1. The lowest BCUT2D eigenvalue weighted by molar-refractivity contribution is -0.122. The first kappa shape index (κ1) is 25.5. The number of methoxy groups -OCH3 is 1. The molecular formula is C28H23ClN2O6. The zero-order valence-corrected chi connectivity index (χ0v) is 20.6. The summed E-state index contributed by atoms with van der Waals surface area (Å²) in [5.41, 5.74) is 1.95. The van der Waals surface area contributed by atoms with Gasteiger partial charge in [-0.15, -0.1) is 6.58 Å². The summed E-state index contributed by atoms with van der Waals surface area (Å²) in [5.74, 6) is -0.798. The number of amides is 4. The minimum Gasteiger partial charge on any atom is -0.508 e. The highest BCUT2D eigenvalue weighted by Gasteiger charge is 2.36. The summed E-state index contributed by atoms with van der Waals surface area (Å²) in [6, 6.07) is 15.3. The second-order valence-electron chi connectivity index (χ2n) is 8.06. The maximum atomic E-state index is 13.2. The van der Waals surface area contributed by atoms with Crippen molar-refractivity contribution in [3.63, 3.8) is 0 Å². The molecule has 1 aliphatic heterocycles. The Morgan fingerprint density at radius 1 is 1.05 bits per heavy atom. The third-order valence-corrected chi connectivity index (χ3v) is 5.96. The van der Waals surface area contributed by atoms with E-state index in [4.69, 9.17) is 21.1 Å². The Hall–Kier alpha value is -4.56. The van der Waals surface area contributed by atoms with E-state index in [1.165, 1.54) is 37.5 Å². The molecule has 9 heteroatoms. The van der Waals surface area contributed by atoms with Crippen LogP contribution in [0.1, 0.15) is 16.7 Å². The molecule has 1 fully saturated rings. The molecule has 0 aromatic heterocycles. The van der Waals surface area contributed by atoms with Crippen molar-refractivity contribution < 1.29 is 29.0 Å². The molecule has 1 saturated heterocycles. The Kier molecular flexibility index (Phi) is 7.60. The number of urea groups is 1. The van der Waals surface area contributed by atoms with E-state index < -0.39 is 17.8 Å². The average Bonchev–Trinajstić information content (AvgIpc) is 2.87. The quantitative estimate of drug-likeness (QED) is 0.246. The maximum absolute atomic E-state index is 13.2. The predicted octanol–water partition coefficient (Wildman–Crippen LogP) is 5.03. The van der Waals surface area contributed by atoms with Gasteiger partial charge < -0.3 is 14.6 Å². The molecule has 1 aliphatic rings. The summed E-state index contributed by atoms with van der Waals surface area (Å²) in [6.45, 7) is 4.00. The van der Waals surface area contributed by atoms with Crippen LogP contribution < -0.4 is 19.7 Å². The summed E-state index contributed by atoms with van der Waals surface area (Å²) < 4.78 is 11.6. The van der Waals surface area contributed by atoms with Gasteiger partial charge in [0, 0.05) is 16.1 Å². The molecule has 4 rings (SSSR count). The lowest BCUT2D eigenvalue weighted by Gasteiger charge is -2.26. The van der Waals surface area contributed by atoms with Gasteiger partial charge in [-0.1, -0.05) is 35.9 Å². The number of carbonyl (C=O) groups is 3. The van der Waals surface area contributed by atoms with Gasteiger partial charge in [0.15, 0.2) is 11.5 Å². The second kappa shape index (κ2) is 11.0. The van der Waals surface area contributed by atoms with Crippen LogP contribution >= 0.6 is 11.6 Å². The lowest BCUT2D eigenvalue weighted by Crippen LogP contribution is -2.54. The lowest BCUT2D eigenvalue weighted by atomic mass is 10.0. The number of phenols is 1. The molecule has 4 amide bonds. The highest BCUT2D eigenvalue weighted by molar-refractivity contribution is 6.39. The molecule has 1 heterocycles. The largest absolute Gasteiger partial charge is 0.508 e. The molecule has 188 valence electrons. The van der Waals surface area contributed by atoms with Crippen molar-refractivity contribution in [2.24, 2.45) is 0 Å². The van der Waals surface area contributed by atoms with Crippen LogP contribution in [0, 0.1) is 0 Å². The molecule has 2 N–H and O–H groups in total. The highest BCUT2D eigenvalue weighted by atomic mass is 35.5. The van der Waals surface area contributed by atoms with Crippen LogP contribution in [0.25, 0.3) is 6.08 Å². The maximum Gasteiger partial charge on any atom is 0.335 e. The number of hydrogen-bond donors (Lipinski definition) is 2. The van der Waals surface area contributed by atoms with Crippen molar-refractivity contribution in [2.75, 3.05) is 12.0 Å². The molecule has 0 unspecified atom stereocenters. The van der Waals surface area contributed by atoms with Gasteiger partial charge in [-0.25, -0.2) is 9.69 Å². The number of rotatable bonds is 8. The van der Waals surface area contributed by atoms with Crippen LogP contribution in [-0.4, -0.2) is 30.1 Å². The predicted molar refractivity (Wildman–Crippen MR) is 140 cm³/mol. The number of nitrogens with one attached hydrogen (secondary N) is 1. The molecule has 0 spiro atoms. The van der Waals surface area contributed by atoms with E-state index in [0.29, 0.717) is 34.1 Å². The fourth-order valence-corrected chi connectivity index (χ4v) is 4.01. The Morgan fingerprint density at radius 2 is 1.78 bits per heavy atom. The van der Waals surface area contributed by atoms with Gasteiger partial charge in [0.05, 0.1) is 12.8 Å². The van der Waals surface area contributed by atoms with Gasteiger partial charge in [0.1, 0.15) is 17.9 Å². The summed E-state index contributed by atoms with van der Waals surface area (Å²) >= 11 is 6.25. The summed E-state index contributed by atoms with van der Waals surface area (Å²) in [4.78, 5) is 39.0. The molecule has 0 aliphatic carbocycles. The van der Waals surface area contributed by atoms with Gasteiger partial charge in [-0.2, -0.15) is 0 Å². The number of halogens is 1. The highest BCUT2D eigenvalue weighted by Crippen LogP contribution is 2.36. The monoisotopic (exact) mass is 518 g/mol. The van der Waals surface area contributed by atoms with Gasteiger partial charge in [-0.3, -0.25) is 14.9 Å². The molecule has 0 bridgehead atoms. The van der Waals surface area contributed by atoms with Gasteiger partial charge in [0.25, 0.3) is 11.8 Å². The number of anilines is 1. The van der Waals surface area contributed by atoms with E-state index in [9.17, 15) is 19.5 Å². The van der Waals surface area contributed by atoms with Crippen LogP contribution in [0.4, 0.5) is 10.5 Å². The zero-order chi connectivity index (χ0) is 26.5. The molecule has 0 radical (unpaired) electrons. The number of imide groups is 2. The van der Waals surface area contributed by atoms with Crippen molar-refractivity contribution >= 4 is 41.2 Å². The van der Waals surface area contributed by atoms with E-state index in [-0.39, 0.29) is 23.6 Å². The first-order valence-corrected chi connectivity index (χ1v) is 11.6. The molecular weight excluding hydrogens is 496 g/mol. The van der Waals surface area contributed by atoms with Crippen LogP contribution in [0.3, 0.4) is 0 Å². The standard InChI is InChI=1S/C28H23ClN2O6/c1-3-6-18-13-17(15-24(36-2)25(18)37-16-19-7-4-5-8-23(19)29)14-22-26(33)30-28(35)31(27(22)34)20-9-11-21(32)12-10-20/h3-5,7-15,32H,1,6,16H2,2H3,(H,30,33,35)/b22-14+. The van der Waals surface area contributed by atoms with E-state index in [0.717, 1.165) is 10.5 Å². The number of hydrogen-bond acceptors (Lipinski definition) is 6. The minimum absolute atomic E-state index is 0.0286. The van der Waals surface area contributed by atoms with Gasteiger partial charge in [0.2, 0.25) is 0 Å². The number of nitrogens with zero attached hydrogens (tertiary/aromatic N) is 1. The first-order chi connectivity index (χ1) is 17.8. The molecule has 37 heavy (non-hydrogen) atoms. The molecule has 0 saturated carbocycles. The smallest absolute Gasteiger partial charge is 0.335 e. The van der Waals surface area contributed by atoms with E-state index in [1.54, 1.807) is 24.3 Å². The summed E-state index contributed by atoms with van der Waals surface area (Å²) in [5, 5.41) is 12.3. The van der Waals surface area contributed by atoms with Crippen LogP contribution in [-0.2, 0) is 22.6 Å². The third kappa shape index (κ3) is 5.49. The second-order valence-corrected chi connectivity index (χ2v) is 8.47. The number of carbonyl (C=O) groups excluding carboxylic acids is 3. The topological polar surface area (TPSA) is 105 Å². The Bertz CT molecular complexity index is 1410. The van der Waals surface area contributed by atoms with Gasteiger partial charge >= 0.3 is 6.03 Å². The molecule has 3 aromatic rings. The zero-order valence-electron chi connectivity index (χ0n) is 19.9. The Morgan fingerprint density at radius 3 is 2.46 bits per heavy atom. The van der Waals surface area contributed by atoms with Crippen LogP contribution in [0.15, 0.2) is 78.9 Å². The molecule has 0 atom stereocenters. The van der Waals surface area contributed by atoms with Crippen molar-refractivity contribution in [3.8, 4) is 17.2 Å². The van der Waals surface area contributed by atoms with E-state index in [2.05, 4.69) is 11.9 Å². The van der Waals surface area contributed by atoms with E-state index >= 15 is 0 Å². The van der Waals surface area contributed by atoms with Crippen molar-refractivity contribution in [3.05, 3.63) is 101 Å². The fourth-order valence-electron chi connectivity index (χ4n) is 3.82. The minimum atomic E-state index is -0.883. The van der Waals surface area contributed by atoms with Gasteiger partial charge in [-0.05, 0) is 60.5 Å². The number of phenolic OH excluding ortho intramolecular Hbond substituents is 1. The number of barbiturate groups is 1. The first-order valence-electron chi connectivity index (χ1n) is 11.2. The normalized spacial score (nSPS) is 14.5. The fraction of sp³-hybridized carbons (Fsp3) is 0.107. The average molecular weight is 519 g/mol. The van der Waals surface area contributed by atoms with Crippen molar-refractivity contribution in [1.82, 2.24) is 5.32 Å². The number of ether oxygens (including phenoxy) is 2. The van der Waals surface area contributed by atoms with Crippen molar-refractivity contribution in [2.45, 2.75) is 13.0 Å². The summed E-state index contributed by atoms with van der Waals surface area (Å²) in [7, 11) is 1.48. The third-order valence-electron chi connectivity index (χ3n) is 5.59. The molecule has 8 nitrogen and oxygen atoms in total. The Labute approximate surface area is 218 Å². The Balaban J connectivity index is 1.70. The summed E-state index contributed by atoms with van der Waals surface area (Å²) in [6.07, 6.45) is 3.49. The van der Waals surface area contributed by atoms with E-state index in [1.807, 2.05) is 18.2 Å². The SMILES string of the molecule is C=CCc1cc(/C=C2\C(=O)NC(=O)N(c3ccc(O)cc3)C2=O)cc(OC)c1OCc1ccccc1Cl. The van der Waals surface area contributed by atoms with Crippen LogP contribution in [0.2, 0.25) is 5.02 Å². The number of benzene rings is 3. The molecule has 3 aromatic carbocycles. The van der Waals surface area contributed by atoms with Crippen LogP contribution in [0.5, 0.6) is 17.2 Å².